The van der Waals surface area contributed by atoms with Gasteiger partial charge < -0.3 is 15.1 Å². The van der Waals surface area contributed by atoms with Crippen molar-refractivity contribution in [1.29, 1.82) is 0 Å². The third-order valence-electron chi connectivity index (χ3n) is 2.57. The smallest absolute Gasteiger partial charge is 0.197 e. The van der Waals surface area contributed by atoms with E-state index < -0.39 is 0 Å². The van der Waals surface area contributed by atoms with Gasteiger partial charge >= 0.3 is 0 Å². The van der Waals surface area contributed by atoms with E-state index in [1.54, 1.807) is 0 Å². The van der Waals surface area contributed by atoms with E-state index in [9.17, 15) is 0 Å². The maximum Gasteiger partial charge on any atom is 0.197 e. The zero-order valence-corrected chi connectivity index (χ0v) is 8.73. The average molecular weight is 195 g/mol. The third-order valence-corrected chi connectivity index (χ3v) is 2.57. The second kappa shape index (κ2) is 3.71. The van der Waals surface area contributed by atoms with Crippen LogP contribution >= 0.6 is 0 Å². The van der Waals surface area contributed by atoms with Gasteiger partial charge in [0.15, 0.2) is 5.89 Å². The molecule has 0 atom stereocenters. The molecule has 0 unspecified atom stereocenters. The average Bonchev–Trinajstić information content (AvgIpc) is 2.46. The van der Waals surface area contributed by atoms with Crippen LogP contribution in [0.2, 0.25) is 0 Å². The van der Waals surface area contributed by atoms with Gasteiger partial charge in [-0.3, -0.25) is 0 Å². The molecule has 0 spiro atoms. The quantitative estimate of drug-likeness (QED) is 0.780. The largest absolute Gasteiger partial charge is 0.444 e. The molecule has 2 N–H and O–H groups in total. The van der Waals surface area contributed by atoms with Gasteiger partial charge in [0.05, 0.1) is 12.7 Å². The normalized spacial score (nSPS) is 26.6. The Labute approximate surface area is 84.1 Å². The number of nitrogens with two attached hydrogens (primary N) is 1. The van der Waals surface area contributed by atoms with Gasteiger partial charge in [-0.25, -0.2) is 4.98 Å². The second-order valence-corrected chi connectivity index (χ2v) is 4.33. The number of oxazole rings is 1. The lowest BCUT2D eigenvalue weighted by Gasteiger charge is -2.29. The molecule has 4 heteroatoms. The van der Waals surface area contributed by atoms with E-state index in [4.69, 9.17) is 10.2 Å². The van der Waals surface area contributed by atoms with Crippen molar-refractivity contribution in [2.24, 2.45) is 5.73 Å². The molecule has 1 aromatic heterocycles. The first-order valence-electron chi connectivity index (χ1n) is 5.00. The molecular formula is C10H17N3O. The Morgan fingerprint density at radius 1 is 1.57 bits per heavy atom. The summed E-state index contributed by atoms with van der Waals surface area (Å²) < 4.78 is 5.64. The van der Waals surface area contributed by atoms with Gasteiger partial charge in [-0.1, -0.05) is 0 Å². The molecule has 1 fully saturated rings. The SMILES string of the molecule is CN(C)Cc1cnc(C2CC(N)C2)o1. The molecule has 0 aliphatic heterocycles. The van der Waals surface area contributed by atoms with Crippen molar-refractivity contribution >= 4 is 0 Å². The molecule has 14 heavy (non-hydrogen) atoms. The predicted octanol–water partition coefficient (Wildman–Crippen LogP) is 0.941. The second-order valence-electron chi connectivity index (χ2n) is 4.33. The Hall–Kier alpha value is -0.870. The van der Waals surface area contributed by atoms with Crippen LogP contribution in [0, 0.1) is 0 Å². The Bertz CT molecular complexity index is 302. The Morgan fingerprint density at radius 2 is 2.29 bits per heavy atom. The van der Waals surface area contributed by atoms with Gasteiger partial charge in [-0.15, -0.1) is 0 Å². The van der Waals surface area contributed by atoms with Crippen LogP contribution in [0.4, 0.5) is 0 Å². The van der Waals surface area contributed by atoms with Crippen LogP contribution < -0.4 is 5.73 Å². The molecule has 0 radical (unpaired) electrons. The lowest BCUT2D eigenvalue weighted by molar-refractivity contribution is 0.274. The highest BCUT2D eigenvalue weighted by Crippen LogP contribution is 2.35. The van der Waals surface area contributed by atoms with Gasteiger partial charge in [0, 0.05) is 12.0 Å². The number of hydrogen-bond acceptors (Lipinski definition) is 4. The van der Waals surface area contributed by atoms with Crippen molar-refractivity contribution in [3.05, 3.63) is 17.8 Å². The number of nitrogens with zero attached hydrogens (tertiary/aromatic N) is 2. The summed E-state index contributed by atoms with van der Waals surface area (Å²) in [5, 5.41) is 0. The van der Waals surface area contributed by atoms with Crippen molar-refractivity contribution in [3.8, 4) is 0 Å². The Balaban J connectivity index is 1.96. The fourth-order valence-corrected chi connectivity index (χ4v) is 1.76. The Kier molecular flexibility index (Phi) is 2.56. The summed E-state index contributed by atoms with van der Waals surface area (Å²) in [6.07, 6.45) is 3.85. The van der Waals surface area contributed by atoms with Crippen molar-refractivity contribution < 1.29 is 4.42 Å². The maximum absolute atomic E-state index is 5.72. The summed E-state index contributed by atoms with van der Waals surface area (Å²) in [5.74, 6) is 2.26. The van der Waals surface area contributed by atoms with Crippen LogP contribution in [0.15, 0.2) is 10.6 Å². The fraction of sp³-hybridized carbons (Fsp3) is 0.700. The van der Waals surface area contributed by atoms with Crippen molar-refractivity contribution in [3.63, 3.8) is 0 Å². The maximum atomic E-state index is 5.72. The van der Waals surface area contributed by atoms with Gasteiger partial charge in [0.2, 0.25) is 0 Å². The lowest BCUT2D eigenvalue weighted by Crippen LogP contribution is -2.34. The molecule has 1 aromatic rings. The molecule has 1 saturated carbocycles. The van der Waals surface area contributed by atoms with Gasteiger partial charge in [0.25, 0.3) is 0 Å². The van der Waals surface area contributed by atoms with Crippen LogP contribution in [0.3, 0.4) is 0 Å². The van der Waals surface area contributed by atoms with E-state index in [0.29, 0.717) is 12.0 Å². The van der Waals surface area contributed by atoms with E-state index in [0.717, 1.165) is 31.0 Å². The molecule has 4 nitrogen and oxygen atoms in total. The van der Waals surface area contributed by atoms with Crippen LogP contribution in [0.25, 0.3) is 0 Å². The van der Waals surface area contributed by atoms with Gasteiger partial charge in [-0.05, 0) is 26.9 Å². The lowest BCUT2D eigenvalue weighted by atomic mass is 9.81. The first-order valence-corrected chi connectivity index (χ1v) is 5.00. The summed E-state index contributed by atoms with van der Waals surface area (Å²) in [6.45, 7) is 0.811. The van der Waals surface area contributed by atoms with E-state index >= 15 is 0 Å². The molecule has 0 aromatic carbocycles. The molecule has 1 aliphatic rings. The molecular weight excluding hydrogens is 178 g/mol. The predicted molar refractivity (Wildman–Crippen MR) is 53.8 cm³/mol. The third kappa shape index (κ3) is 1.96. The molecule has 78 valence electrons. The molecule has 2 rings (SSSR count). The first kappa shape index (κ1) is 9.68. The van der Waals surface area contributed by atoms with E-state index in [2.05, 4.69) is 9.88 Å². The number of aromatic nitrogens is 1. The topological polar surface area (TPSA) is 55.3 Å². The van der Waals surface area contributed by atoms with E-state index in [-0.39, 0.29) is 0 Å². The van der Waals surface area contributed by atoms with Crippen LogP contribution in [-0.2, 0) is 6.54 Å². The van der Waals surface area contributed by atoms with Crippen LogP contribution in [0.5, 0.6) is 0 Å². The monoisotopic (exact) mass is 195 g/mol. The molecule has 0 bridgehead atoms. The summed E-state index contributed by atoms with van der Waals surface area (Å²) in [5.41, 5.74) is 5.72. The van der Waals surface area contributed by atoms with Gasteiger partial charge in [-0.2, -0.15) is 0 Å². The van der Waals surface area contributed by atoms with Crippen LogP contribution in [-0.4, -0.2) is 30.0 Å². The van der Waals surface area contributed by atoms with Gasteiger partial charge in [0.1, 0.15) is 5.76 Å². The van der Waals surface area contributed by atoms with E-state index in [1.807, 2.05) is 20.3 Å². The number of hydrogen-bond donors (Lipinski definition) is 1. The fourth-order valence-electron chi connectivity index (χ4n) is 1.76. The van der Waals surface area contributed by atoms with Crippen LogP contribution in [0.1, 0.15) is 30.4 Å². The van der Waals surface area contributed by atoms with E-state index in [1.165, 1.54) is 0 Å². The first-order chi connectivity index (χ1) is 6.65. The number of rotatable bonds is 3. The molecule has 0 saturated heterocycles. The zero-order valence-electron chi connectivity index (χ0n) is 8.73. The minimum Gasteiger partial charge on any atom is -0.444 e. The zero-order chi connectivity index (χ0) is 10.1. The van der Waals surface area contributed by atoms with Crippen molar-refractivity contribution in [1.82, 2.24) is 9.88 Å². The van der Waals surface area contributed by atoms with Crippen molar-refractivity contribution in [2.45, 2.75) is 31.3 Å². The standard InChI is InChI=1S/C10H17N3O/c1-13(2)6-9-5-12-10(14-9)7-3-8(11)4-7/h5,7-8H,3-4,6,11H2,1-2H3. The molecule has 0 amide bonds. The summed E-state index contributed by atoms with van der Waals surface area (Å²) in [6, 6.07) is 0.351. The molecule has 1 aliphatic carbocycles. The Morgan fingerprint density at radius 3 is 2.86 bits per heavy atom. The molecule has 1 heterocycles. The highest BCUT2D eigenvalue weighted by Gasteiger charge is 2.30. The minimum atomic E-state index is 0.351. The minimum absolute atomic E-state index is 0.351. The van der Waals surface area contributed by atoms with Crippen molar-refractivity contribution in [2.75, 3.05) is 14.1 Å². The summed E-state index contributed by atoms with van der Waals surface area (Å²) in [4.78, 5) is 6.34. The summed E-state index contributed by atoms with van der Waals surface area (Å²) >= 11 is 0. The highest BCUT2D eigenvalue weighted by atomic mass is 16.4. The summed E-state index contributed by atoms with van der Waals surface area (Å²) in [7, 11) is 4.03. The highest BCUT2D eigenvalue weighted by molar-refractivity contribution is 5.05.